The van der Waals surface area contributed by atoms with Gasteiger partial charge < -0.3 is 38.8 Å². The maximum atomic E-state index is 14.5. The summed E-state index contributed by atoms with van der Waals surface area (Å²) in [6.45, 7) is 33.3. The first-order chi connectivity index (χ1) is 44.7. The Kier molecular flexibility index (Phi) is 28.9. The van der Waals surface area contributed by atoms with Crippen LogP contribution in [-0.4, -0.2) is 142 Å². The molecular weight excluding hydrogens is 1290 g/mol. The predicted molar refractivity (Wildman–Crippen MR) is 398 cm³/mol. The second-order valence-corrected chi connectivity index (χ2v) is 52.9. The molecule has 6 aromatic heterocycles. The van der Waals surface area contributed by atoms with Gasteiger partial charge in [0.1, 0.15) is 55.3 Å². The Hall–Kier alpha value is -5.58. The Morgan fingerprint density at radius 3 is 1.23 bits per heavy atom. The maximum Gasteiger partial charge on any atom is 0.491 e. The summed E-state index contributed by atoms with van der Waals surface area (Å²) in [7, 11) is -6.54. The third-order valence-corrected chi connectivity index (χ3v) is 24.1. The molecule has 0 saturated heterocycles. The zero-order chi connectivity index (χ0) is 67.6. The highest BCUT2D eigenvalue weighted by atomic mass is 35.5. The summed E-state index contributed by atoms with van der Waals surface area (Å²) in [5.74, 6) is 1.89. The summed E-state index contributed by atoms with van der Waals surface area (Å²) < 4.78 is 56.0. The first-order valence-corrected chi connectivity index (χ1v) is 48.9. The van der Waals surface area contributed by atoms with Crippen LogP contribution in [0, 0.1) is 11.6 Å². The highest BCUT2D eigenvalue weighted by molar-refractivity contribution is 6.77. The van der Waals surface area contributed by atoms with Crippen molar-refractivity contribution >= 4 is 79.4 Å². The van der Waals surface area contributed by atoms with Crippen molar-refractivity contribution in [2.45, 2.75) is 186 Å². The minimum Gasteiger partial charge on any atom is -0.423 e. The van der Waals surface area contributed by atoms with Crippen LogP contribution in [0.15, 0.2) is 110 Å². The number of fused-ring (bicyclic) bond motifs is 2. The molecule has 516 valence electrons. The van der Waals surface area contributed by atoms with E-state index in [0.717, 1.165) is 120 Å². The van der Waals surface area contributed by atoms with Crippen molar-refractivity contribution in [2.75, 3.05) is 63.2 Å². The van der Waals surface area contributed by atoms with E-state index >= 15 is 0 Å². The molecule has 2 aliphatic carbocycles. The van der Waals surface area contributed by atoms with E-state index in [1.165, 1.54) is 81.7 Å². The highest BCUT2D eigenvalue weighted by Gasteiger charge is 2.27. The van der Waals surface area contributed by atoms with Crippen LogP contribution in [0.25, 0.3) is 44.8 Å². The summed E-state index contributed by atoms with van der Waals surface area (Å²) in [4.78, 5) is 23.7. The Bertz CT molecular complexity index is 3590. The van der Waals surface area contributed by atoms with Crippen LogP contribution in [0.3, 0.4) is 0 Å². The van der Waals surface area contributed by atoms with E-state index in [2.05, 4.69) is 110 Å². The zero-order valence-corrected chi connectivity index (χ0v) is 62.6. The van der Waals surface area contributed by atoms with Crippen molar-refractivity contribution in [1.82, 2.24) is 39.2 Å². The maximum absolute atomic E-state index is 14.5. The van der Waals surface area contributed by atoms with Crippen molar-refractivity contribution in [3.8, 4) is 33.5 Å². The van der Waals surface area contributed by atoms with Gasteiger partial charge in [-0.15, -0.1) is 0 Å². The van der Waals surface area contributed by atoms with Gasteiger partial charge in [-0.2, -0.15) is 19.2 Å². The minimum absolute atomic E-state index is 0. The Morgan fingerprint density at radius 1 is 0.495 bits per heavy atom. The van der Waals surface area contributed by atoms with Gasteiger partial charge in [0.2, 0.25) is 0 Å². The van der Waals surface area contributed by atoms with Gasteiger partial charge in [-0.05, 0) is 86.3 Å². The molecule has 2 aliphatic rings. The number of halogens is 3. The number of pyridine rings is 2. The molecule has 0 atom stereocenters. The molecule has 10 rings (SSSR count). The number of hydrogen-bond acceptors (Lipinski definition) is 14. The second kappa shape index (κ2) is 35.8. The molecule has 2 aromatic carbocycles. The van der Waals surface area contributed by atoms with Crippen molar-refractivity contribution in [2.24, 2.45) is 0 Å². The van der Waals surface area contributed by atoms with Gasteiger partial charge in [-0.25, -0.2) is 23.7 Å². The normalized spacial score (nSPS) is 14.2. The van der Waals surface area contributed by atoms with Gasteiger partial charge in [0.15, 0.2) is 11.3 Å². The molecule has 0 aliphatic heterocycles. The van der Waals surface area contributed by atoms with Gasteiger partial charge >= 0.3 is 7.12 Å². The van der Waals surface area contributed by atoms with E-state index < -0.39 is 45.2 Å². The Labute approximate surface area is 573 Å². The van der Waals surface area contributed by atoms with E-state index in [0.29, 0.717) is 55.2 Å². The summed E-state index contributed by atoms with van der Waals surface area (Å²) in [5, 5.41) is 27.2. The fourth-order valence-electron chi connectivity index (χ4n) is 11.2. The lowest BCUT2D eigenvalue weighted by Gasteiger charge is -2.28. The van der Waals surface area contributed by atoms with Gasteiger partial charge in [0.25, 0.3) is 0 Å². The number of rotatable bonds is 28. The number of benzene rings is 2. The molecule has 0 bridgehead atoms. The van der Waals surface area contributed by atoms with Crippen LogP contribution < -0.4 is 15.3 Å². The Morgan fingerprint density at radius 2 is 0.884 bits per heavy atom. The van der Waals surface area contributed by atoms with Gasteiger partial charge in [0, 0.05) is 140 Å². The van der Waals surface area contributed by atoms with Crippen LogP contribution in [0.4, 0.5) is 20.4 Å². The molecule has 16 nitrogen and oxygen atoms in total. The molecule has 24 heteroatoms. The molecule has 8 aromatic rings. The summed E-state index contributed by atoms with van der Waals surface area (Å²) in [6, 6.07) is 28.8. The molecule has 2 N–H and O–H groups in total. The third-order valence-electron chi connectivity index (χ3n) is 17.1. The van der Waals surface area contributed by atoms with E-state index in [1.807, 2.05) is 51.8 Å². The summed E-state index contributed by atoms with van der Waals surface area (Å²) in [6.07, 6.45) is 19.5. The molecule has 6 heterocycles. The topological polar surface area (TPSA) is 170 Å². The predicted octanol–water partition coefficient (Wildman–Crippen LogP) is 17.1. The number of ether oxygens (including phenoxy) is 4. The number of nitrogens with zero attached hydrogens (tertiary/aromatic N) is 10. The fraction of sp³-hybridized carbons (Fsp3) is 0.521. The first kappa shape index (κ1) is 76.8. The number of anilines is 2. The van der Waals surface area contributed by atoms with E-state index in [9.17, 15) is 8.78 Å². The number of aromatic nitrogens is 8. The SMILES string of the molecule is C.C[Si](C)(C)CCOCN(COCC[Si](C)(C)C)c1cc(C2CCCCC2)nc2c(-c3ccc(-c4ccccc4F)nc3)cnn12.C[Si](C)(C)CCOCN(COCC[Si](C)(C)C)c1cc(C2CCCCC2)nc2c(-c3ccc(Cl)nc3)cnn12.OB(O)c1ccccc1F. The van der Waals surface area contributed by atoms with Crippen molar-refractivity contribution in [1.29, 1.82) is 0 Å². The van der Waals surface area contributed by atoms with Crippen LogP contribution in [0.5, 0.6) is 0 Å². The first-order valence-electron chi connectivity index (χ1n) is 33.7. The standard InChI is InChI=1S/C35H50FN5O2Si2.C29H46ClN5O2Si2.C6H6BFO2.CH4/c1-44(2,3)20-18-42-25-40(26-43-19-21-45(4,5)6)34-22-33(27-12-8-7-9-13-27)39-35-30(24-38-41(34)35)28-16-17-32(37-23-28)29-14-10-11-15-31(29)36;1-38(2,3)16-14-36-21-34(22-37-15-17-39(4,5)6)28-18-26(23-10-8-7-9-11-23)33-29-25(20-32-35(28)29)24-12-13-27(30)31-19-24;8-6-4-2-1-3-5(6)7(9)10;/h10-11,14-17,22-24,27H,7-9,12-13,18-21,25-26H2,1-6H3;12-13,18-20,23H,7-11,14-17,21-22H2,1-6H3;1-4,9-10H;1H4. The largest absolute Gasteiger partial charge is 0.491 e. The van der Waals surface area contributed by atoms with Crippen molar-refractivity contribution < 1.29 is 37.8 Å². The van der Waals surface area contributed by atoms with Crippen LogP contribution in [0.2, 0.25) is 108 Å². The fourth-order valence-corrected chi connectivity index (χ4v) is 14.3. The molecule has 0 radical (unpaired) electrons. The van der Waals surface area contributed by atoms with E-state index in [-0.39, 0.29) is 18.7 Å². The second-order valence-electron chi connectivity index (χ2n) is 30.0. The van der Waals surface area contributed by atoms with Crippen molar-refractivity contribution in [3.05, 3.63) is 138 Å². The smallest absolute Gasteiger partial charge is 0.423 e. The lowest BCUT2D eigenvalue weighted by atomic mass is 9.80. The zero-order valence-electron chi connectivity index (χ0n) is 57.8. The minimum atomic E-state index is -1.72. The van der Waals surface area contributed by atoms with Crippen LogP contribution in [-0.2, 0) is 18.9 Å². The van der Waals surface area contributed by atoms with E-state index in [1.54, 1.807) is 24.5 Å². The average molecular weight is 1390 g/mol. The monoisotopic (exact) mass is 1390 g/mol. The van der Waals surface area contributed by atoms with Gasteiger partial charge in [0.05, 0.1) is 18.1 Å². The lowest BCUT2D eigenvalue weighted by Crippen LogP contribution is -2.33. The van der Waals surface area contributed by atoms with Crippen LogP contribution >= 0.6 is 11.6 Å². The lowest BCUT2D eigenvalue weighted by molar-refractivity contribution is 0.0940. The van der Waals surface area contributed by atoms with Gasteiger partial charge in [-0.1, -0.05) is 173 Å². The number of hydrogen-bond donors (Lipinski definition) is 2. The molecule has 2 saturated carbocycles. The highest BCUT2D eigenvalue weighted by Crippen LogP contribution is 2.38. The average Bonchev–Trinajstić information content (AvgIpc) is 1.67. The van der Waals surface area contributed by atoms with Crippen LogP contribution in [0.1, 0.15) is 94.9 Å². The summed E-state index contributed by atoms with van der Waals surface area (Å²) >= 11 is 6.08. The van der Waals surface area contributed by atoms with Gasteiger partial charge in [-0.3, -0.25) is 4.98 Å². The molecule has 0 unspecified atom stereocenters. The molecule has 0 amide bonds. The Balaban J connectivity index is 0.000000233. The van der Waals surface area contributed by atoms with E-state index in [4.69, 9.17) is 60.8 Å². The molecule has 2 fully saturated rings. The third kappa shape index (κ3) is 23.8. The molecule has 0 spiro atoms. The summed E-state index contributed by atoms with van der Waals surface area (Å²) in [5.41, 5.74) is 8.57. The molecule has 95 heavy (non-hydrogen) atoms. The van der Waals surface area contributed by atoms with Crippen molar-refractivity contribution in [3.63, 3.8) is 0 Å². The quantitative estimate of drug-likeness (QED) is 0.0205. The molecular formula is C71H106BClF2N10O6Si4.